The molecule has 0 radical (unpaired) electrons. The second-order valence-electron chi connectivity index (χ2n) is 5.79. The summed E-state index contributed by atoms with van der Waals surface area (Å²) in [4.78, 5) is 3.78. The maximum absolute atomic E-state index is 13.2. The van der Waals surface area contributed by atoms with Crippen molar-refractivity contribution >= 4 is 31.6 Å². The summed E-state index contributed by atoms with van der Waals surface area (Å²) in [5.41, 5.74) is 0.726. The van der Waals surface area contributed by atoms with Crippen molar-refractivity contribution in [1.82, 2.24) is 14.0 Å². The van der Waals surface area contributed by atoms with Crippen molar-refractivity contribution < 1.29 is 21.2 Å². The van der Waals surface area contributed by atoms with Gasteiger partial charge >= 0.3 is 0 Å². The minimum absolute atomic E-state index is 0.0103. The summed E-state index contributed by atoms with van der Waals surface area (Å²) in [5, 5.41) is -0.294. The normalized spacial score (nSPS) is 12.4. The van der Waals surface area contributed by atoms with Gasteiger partial charge in [-0.3, -0.25) is 4.98 Å². The smallest absolute Gasteiger partial charge is 0.240 e. The number of nitrogens with zero attached hydrogens (tertiary/aromatic N) is 2. The van der Waals surface area contributed by atoms with Gasteiger partial charge in [-0.15, -0.1) is 0 Å². The molecule has 7 nitrogen and oxygen atoms in total. The molecule has 0 aliphatic rings. The van der Waals surface area contributed by atoms with Crippen molar-refractivity contribution in [2.24, 2.45) is 0 Å². The topological polar surface area (TPSA) is 96.4 Å². The van der Waals surface area contributed by atoms with E-state index in [1.807, 2.05) is 0 Å². The fraction of sp³-hybridized carbons (Fsp3) is 0.312. The monoisotopic (exact) mass is 435 g/mol. The largest absolute Gasteiger partial charge is 0.264 e. The Balaban J connectivity index is 1.95. The summed E-state index contributed by atoms with van der Waals surface area (Å²) >= 11 is 5.60. The van der Waals surface area contributed by atoms with Crippen LogP contribution in [0.2, 0.25) is 5.02 Å². The quantitative estimate of drug-likeness (QED) is 0.608. The van der Waals surface area contributed by atoms with Gasteiger partial charge in [0.25, 0.3) is 0 Å². The van der Waals surface area contributed by atoms with Crippen LogP contribution in [0, 0.1) is 5.82 Å². The predicted molar refractivity (Wildman–Crippen MR) is 101 cm³/mol. The first-order chi connectivity index (χ1) is 12.6. The number of hydrogen-bond donors (Lipinski definition) is 1. The third kappa shape index (κ3) is 6.51. The van der Waals surface area contributed by atoms with E-state index < -0.39 is 25.9 Å². The lowest BCUT2D eigenvalue weighted by atomic mass is 10.3. The SMILES string of the molecule is CS(=O)(=O)N(CCCNS(=O)(=O)c1ccc(F)c(Cl)c1)Cc1cccnc1. The van der Waals surface area contributed by atoms with Gasteiger partial charge in [0.1, 0.15) is 5.82 Å². The molecule has 148 valence electrons. The Labute approximate surface area is 163 Å². The van der Waals surface area contributed by atoms with Gasteiger partial charge in [-0.1, -0.05) is 17.7 Å². The highest BCUT2D eigenvalue weighted by molar-refractivity contribution is 7.89. The van der Waals surface area contributed by atoms with Gasteiger partial charge in [-0.05, 0) is 36.2 Å². The zero-order valence-corrected chi connectivity index (χ0v) is 16.9. The molecule has 1 aromatic carbocycles. The highest BCUT2D eigenvalue weighted by Gasteiger charge is 2.18. The first kappa shape index (κ1) is 21.7. The van der Waals surface area contributed by atoms with Crippen LogP contribution in [0.25, 0.3) is 0 Å². The standard InChI is InChI=1S/C16H19ClFN3O4S2/c1-26(22,23)21(12-13-4-2-7-19-11-13)9-3-8-20-27(24,25)14-5-6-16(18)15(17)10-14/h2,4-7,10-11,20H,3,8-9,12H2,1H3. The van der Waals surface area contributed by atoms with E-state index in [0.717, 1.165) is 30.0 Å². The highest BCUT2D eigenvalue weighted by atomic mass is 35.5. The Hall–Kier alpha value is -1.59. The van der Waals surface area contributed by atoms with Crippen LogP contribution >= 0.6 is 11.6 Å². The zero-order valence-electron chi connectivity index (χ0n) is 14.5. The molecule has 1 heterocycles. The molecule has 0 aliphatic heterocycles. The van der Waals surface area contributed by atoms with Crippen molar-refractivity contribution in [2.75, 3.05) is 19.3 Å². The molecule has 0 saturated carbocycles. The van der Waals surface area contributed by atoms with Crippen LogP contribution in [0.3, 0.4) is 0 Å². The number of rotatable bonds is 9. The van der Waals surface area contributed by atoms with Crippen LogP contribution in [0.15, 0.2) is 47.6 Å². The summed E-state index contributed by atoms with van der Waals surface area (Å²) in [7, 11) is -7.34. The summed E-state index contributed by atoms with van der Waals surface area (Å²) < 4.78 is 65.0. The molecule has 1 N–H and O–H groups in total. The lowest BCUT2D eigenvalue weighted by molar-refractivity contribution is 0.403. The van der Waals surface area contributed by atoms with E-state index in [0.29, 0.717) is 0 Å². The van der Waals surface area contributed by atoms with Gasteiger partial charge in [0.15, 0.2) is 0 Å². The maximum Gasteiger partial charge on any atom is 0.240 e. The molecule has 0 unspecified atom stereocenters. The highest BCUT2D eigenvalue weighted by Crippen LogP contribution is 2.19. The number of nitrogens with one attached hydrogen (secondary N) is 1. The molecular formula is C16H19ClFN3O4S2. The van der Waals surface area contributed by atoms with Crippen molar-refractivity contribution in [3.63, 3.8) is 0 Å². The molecule has 2 rings (SSSR count). The molecule has 0 atom stereocenters. The van der Waals surface area contributed by atoms with Gasteiger partial charge in [0.05, 0.1) is 16.2 Å². The van der Waals surface area contributed by atoms with Gasteiger partial charge in [-0.2, -0.15) is 4.31 Å². The van der Waals surface area contributed by atoms with Crippen LogP contribution in [-0.4, -0.2) is 45.5 Å². The Morgan fingerprint density at radius 1 is 1.22 bits per heavy atom. The lowest BCUT2D eigenvalue weighted by Crippen LogP contribution is -2.33. The van der Waals surface area contributed by atoms with Crippen molar-refractivity contribution in [3.05, 3.63) is 59.1 Å². The second kappa shape index (κ2) is 9.07. The lowest BCUT2D eigenvalue weighted by Gasteiger charge is -2.20. The van der Waals surface area contributed by atoms with Crippen LogP contribution < -0.4 is 4.72 Å². The molecule has 27 heavy (non-hydrogen) atoms. The summed E-state index contributed by atoms with van der Waals surface area (Å²) in [6.45, 7) is 0.282. The zero-order chi connectivity index (χ0) is 20.1. The average Bonchev–Trinajstić information content (AvgIpc) is 2.60. The van der Waals surface area contributed by atoms with E-state index in [2.05, 4.69) is 9.71 Å². The molecule has 0 amide bonds. The molecule has 0 saturated heterocycles. The number of halogens is 2. The first-order valence-electron chi connectivity index (χ1n) is 7.88. The number of aromatic nitrogens is 1. The fourth-order valence-electron chi connectivity index (χ4n) is 2.25. The van der Waals surface area contributed by atoms with Crippen molar-refractivity contribution in [3.8, 4) is 0 Å². The molecule has 11 heteroatoms. The summed E-state index contributed by atoms with van der Waals surface area (Å²) in [6.07, 6.45) is 4.50. The Bertz CT molecular complexity index is 986. The molecule has 0 aliphatic carbocycles. The molecular weight excluding hydrogens is 417 g/mol. The Kier molecular flexibility index (Phi) is 7.29. The number of benzene rings is 1. The average molecular weight is 436 g/mol. The molecule has 1 aromatic heterocycles. The van der Waals surface area contributed by atoms with Gasteiger partial charge < -0.3 is 0 Å². The fourth-order valence-corrected chi connectivity index (χ4v) is 4.44. The van der Waals surface area contributed by atoms with Crippen LogP contribution in [-0.2, 0) is 26.6 Å². The second-order valence-corrected chi connectivity index (χ2v) is 9.94. The third-order valence-electron chi connectivity index (χ3n) is 3.63. The number of sulfonamides is 2. The summed E-state index contributed by atoms with van der Waals surface area (Å²) in [6, 6.07) is 6.55. The molecule has 0 bridgehead atoms. The predicted octanol–water partition coefficient (Wildman–Crippen LogP) is 2.00. The van der Waals surface area contributed by atoms with E-state index in [4.69, 9.17) is 11.6 Å². The van der Waals surface area contributed by atoms with Gasteiger partial charge in [0.2, 0.25) is 20.0 Å². The van der Waals surface area contributed by atoms with E-state index >= 15 is 0 Å². The van der Waals surface area contributed by atoms with Gasteiger partial charge in [-0.25, -0.2) is 25.9 Å². The van der Waals surface area contributed by atoms with Crippen LogP contribution in [0.5, 0.6) is 0 Å². The van der Waals surface area contributed by atoms with Crippen molar-refractivity contribution in [1.29, 1.82) is 0 Å². The Morgan fingerprint density at radius 2 is 1.96 bits per heavy atom. The molecule has 0 spiro atoms. The number of hydrogen-bond acceptors (Lipinski definition) is 5. The summed E-state index contributed by atoms with van der Waals surface area (Å²) in [5.74, 6) is -0.713. The number of pyridine rings is 1. The van der Waals surface area contributed by atoms with Crippen LogP contribution in [0.1, 0.15) is 12.0 Å². The Morgan fingerprint density at radius 3 is 2.56 bits per heavy atom. The third-order valence-corrected chi connectivity index (χ3v) is 6.63. The van der Waals surface area contributed by atoms with E-state index in [-0.39, 0.29) is 36.0 Å². The van der Waals surface area contributed by atoms with Gasteiger partial charge in [0, 0.05) is 32.0 Å². The first-order valence-corrected chi connectivity index (χ1v) is 11.6. The van der Waals surface area contributed by atoms with Crippen molar-refractivity contribution in [2.45, 2.75) is 17.9 Å². The minimum atomic E-state index is -3.87. The van der Waals surface area contributed by atoms with E-state index in [9.17, 15) is 21.2 Å². The minimum Gasteiger partial charge on any atom is -0.264 e. The maximum atomic E-state index is 13.2. The molecule has 2 aromatic rings. The van der Waals surface area contributed by atoms with E-state index in [1.54, 1.807) is 24.5 Å². The van der Waals surface area contributed by atoms with Crippen LogP contribution in [0.4, 0.5) is 4.39 Å². The van der Waals surface area contributed by atoms with E-state index in [1.165, 1.54) is 4.31 Å². The molecule has 0 fully saturated rings.